The first-order valence-corrected chi connectivity index (χ1v) is 6.62. The van der Waals surface area contributed by atoms with Crippen LogP contribution in [0.1, 0.15) is 20.8 Å². The summed E-state index contributed by atoms with van der Waals surface area (Å²) in [5.74, 6) is -1.95. The minimum atomic E-state index is -0.686. The molecule has 0 spiro atoms. The van der Waals surface area contributed by atoms with Crippen molar-refractivity contribution in [3.63, 3.8) is 0 Å². The number of aryl methyl sites for hydroxylation is 1. The van der Waals surface area contributed by atoms with Crippen LogP contribution in [-0.4, -0.2) is 13.1 Å². The van der Waals surface area contributed by atoms with Gasteiger partial charge in [-0.3, -0.25) is 0 Å². The highest BCUT2D eigenvalue weighted by Crippen LogP contribution is 2.41. The average Bonchev–Trinajstić information content (AvgIpc) is 2.71. The second kappa shape index (κ2) is 5.20. The van der Waals surface area contributed by atoms with Crippen LogP contribution < -0.4 is 5.73 Å². The molecule has 2 rings (SSSR count). The fourth-order valence-electron chi connectivity index (χ4n) is 1.87. The first-order valence-electron chi connectivity index (χ1n) is 5.80. The number of halogens is 2. The maximum atomic E-state index is 14.2. The highest BCUT2D eigenvalue weighted by Gasteiger charge is 2.24. The predicted molar refractivity (Wildman–Crippen MR) is 74.9 cm³/mol. The summed E-state index contributed by atoms with van der Waals surface area (Å²) in [7, 11) is 1.23. The van der Waals surface area contributed by atoms with Crippen LogP contribution in [0, 0.1) is 25.5 Å². The number of esters is 1. The number of hydrogen-bond donors (Lipinski definition) is 1. The van der Waals surface area contributed by atoms with Gasteiger partial charge in [0.1, 0.15) is 16.5 Å². The third kappa shape index (κ3) is 2.16. The number of rotatable bonds is 2. The van der Waals surface area contributed by atoms with Crippen LogP contribution in [0.25, 0.3) is 10.4 Å². The number of anilines is 1. The predicted octanol–water partition coefficient (Wildman–Crippen LogP) is 3.68. The fourth-order valence-corrected chi connectivity index (χ4v) is 3.06. The van der Waals surface area contributed by atoms with Crippen LogP contribution in [0.15, 0.2) is 12.1 Å². The lowest BCUT2D eigenvalue weighted by Crippen LogP contribution is -2.02. The van der Waals surface area contributed by atoms with E-state index in [0.717, 1.165) is 11.3 Å². The van der Waals surface area contributed by atoms with Crippen molar-refractivity contribution in [2.75, 3.05) is 12.8 Å². The summed E-state index contributed by atoms with van der Waals surface area (Å²) in [4.78, 5) is 12.0. The Balaban J connectivity index is 2.72. The van der Waals surface area contributed by atoms with Crippen molar-refractivity contribution in [2.45, 2.75) is 13.8 Å². The van der Waals surface area contributed by atoms with E-state index < -0.39 is 17.6 Å². The van der Waals surface area contributed by atoms with Gasteiger partial charge >= 0.3 is 5.97 Å². The third-order valence-electron chi connectivity index (χ3n) is 3.08. The molecule has 106 valence electrons. The number of nitrogens with two attached hydrogens (primary N) is 1. The molecule has 2 aromatic rings. The molecule has 20 heavy (non-hydrogen) atoms. The van der Waals surface area contributed by atoms with Crippen molar-refractivity contribution in [1.29, 1.82) is 0 Å². The Morgan fingerprint density at radius 1 is 1.30 bits per heavy atom. The van der Waals surface area contributed by atoms with Crippen molar-refractivity contribution in [3.8, 4) is 10.4 Å². The molecule has 0 bridgehead atoms. The lowest BCUT2D eigenvalue weighted by atomic mass is 10.1. The Morgan fingerprint density at radius 3 is 2.55 bits per heavy atom. The molecule has 0 saturated carbocycles. The molecule has 0 aliphatic rings. The van der Waals surface area contributed by atoms with Gasteiger partial charge in [0.25, 0.3) is 0 Å². The van der Waals surface area contributed by atoms with Gasteiger partial charge in [0.2, 0.25) is 0 Å². The molecule has 2 N–H and O–H groups in total. The molecule has 0 radical (unpaired) electrons. The molecule has 1 aromatic heterocycles. The summed E-state index contributed by atoms with van der Waals surface area (Å²) in [5, 5.41) is 0. The Kier molecular flexibility index (Phi) is 3.76. The fraction of sp³-hybridized carbons (Fsp3) is 0.214. The SMILES string of the molecule is COC(=O)c1sc(-c2c(F)ccc(C)c2F)c(C)c1N. The van der Waals surface area contributed by atoms with Gasteiger partial charge in [0.15, 0.2) is 0 Å². The number of methoxy groups -OCH3 is 1. The topological polar surface area (TPSA) is 52.3 Å². The van der Waals surface area contributed by atoms with Crippen LogP contribution in [-0.2, 0) is 4.74 Å². The first-order chi connectivity index (χ1) is 9.38. The molecule has 0 unspecified atom stereocenters. The van der Waals surface area contributed by atoms with E-state index in [1.54, 1.807) is 13.8 Å². The standard InChI is InChI=1S/C14H13F2NO2S/c1-6-4-5-8(15)9(10(6)16)12-7(2)11(17)13(20-12)14(18)19-3/h4-5H,17H2,1-3H3. The molecule has 0 atom stereocenters. The summed E-state index contributed by atoms with van der Waals surface area (Å²) in [6.45, 7) is 3.17. The number of thiophene rings is 1. The van der Waals surface area contributed by atoms with Gasteiger partial charge in [-0.2, -0.15) is 0 Å². The molecule has 0 aliphatic heterocycles. The second-order valence-corrected chi connectivity index (χ2v) is 5.36. The Morgan fingerprint density at radius 2 is 1.95 bits per heavy atom. The summed E-state index contributed by atoms with van der Waals surface area (Å²) in [6.07, 6.45) is 0. The molecule has 6 heteroatoms. The molecule has 0 saturated heterocycles. The molecule has 0 aliphatic carbocycles. The van der Waals surface area contributed by atoms with Crippen LogP contribution in [0.5, 0.6) is 0 Å². The zero-order valence-electron chi connectivity index (χ0n) is 11.2. The van der Waals surface area contributed by atoms with Crippen LogP contribution in [0.2, 0.25) is 0 Å². The van der Waals surface area contributed by atoms with Crippen LogP contribution in [0.3, 0.4) is 0 Å². The Bertz CT molecular complexity index is 695. The van der Waals surface area contributed by atoms with Crippen LogP contribution >= 0.6 is 11.3 Å². The largest absolute Gasteiger partial charge is 0.465 e. The minimum absolute atomic E-state index is 0.153. The number of ether oxygens (including phenoxy) is 1. The summed E-state index contributed by atoms with van der Waals surface area (Å²) < 4.78 is 32.7. The molecule has 0 fully saturated rings. The third-order valence-corrected chi connectivity index (χ3v) is 4.38. The highest BCUT2D eigenvalue weighted by molar-refractivity contribution is 7.18. The van der Waals surface area contributed by atoms with E-state index in [1.165, 1.54) is 19.2 Å². The van der Waals surface area contributed by atoms with Crippen molar-refractivity contribution in [3.05, 3.63) is 39.8 Å². The minimum Gasteiger partial charge on any atom is -0.465 e. The van der Waals surface area contributed by atoms with Gasteiger partial charge in [0.05, 0.1) is 18.4 Å². The van der Waals surface area contributed by atoms with Crippen LogP contribution in [0.4, 0.5) is 14.5 Å². The van der Waals surface area contributed by atoms with Crippen molar-refractivity contribution in [1.82, 2.24) is 0 Å². The van der Waals surface area contributed by atoms with E-state index >= 15 is 0 Å². The second-order valence-electron chi connectivity index (χ2n) is 4.34. The maximum Gasteiger partial charge on any atom is 0.350 e. The lowest BCUT2D eigenvalue weighted by Gasteiger charge is -2.06. The zero-order valence-corrected chi connectivity index (χ0v) is 12.0. The van der Waals surface area contributed by atoms with E-state index in [2.05, 4.69) is 4.74 Å². The molecule has 1 heterocycles. The molecular weight excluding hydrogens is 284 g/mol. The summed E-state index contributed by atoms with van der Waals surface area (Å²) >= 11 is 0.929. The van der Waals surface area contributed by atoms with Gasteiger partial charge in [0, 0.05) is 4.88 Å². The normalized spacial score (nSPS) is 10.7. The van der Waals surface area contributed by atoms with Gasteiger partial charge in [-0.25, -0.2) is 13.6 Å². The first kappa shape index (κ1) is 14.5. The molecular formula is C14H13F2NO2S. The number of benzene rings is 1. The maximum absolute atomic E-state index is 14.2. The number of hydrogen-bond acceptors (Lipinski definition) is 4. The summed E-state index contributed by atoms with van der Waals surface area (Å²) in [5.41, 5.74) is 6.65. The lowest BCUT2D eigenvalue weighted by molar-refractivity contribution is 0.0607. The molecule has 3 nitrogen and oxygen atoms in total. The van der Waals surface area contributed by atoms with Gasteiger partial charge in [-0.15, -0.1) is 11.3 Å². The van der Waals surface area contributed by atoms with Crippen molar-refractivity contribution >= 4 is 23.0 Å². The number of carbonyl (C=O) groups is 1. The number of nitrogen functional groups attached to an aromatic ring is 1. The van der Waals surface area contributed by atoms with E-state index in [4.69, 9.17) is 5.73 Å². The monoisotopic (exact) mass is 297 g/mol. The van der Waals surface area contributed by atoms with Gasteiger partial charge in [-0.1, -0.05) is 6.07 Å². The molecule has 0 amide bonds. The van der Waals surface area contributed by atoms with Crippen molar-refractivity contribution in [2.24, 2.45) is 0 Å². The van der Waals surface area contributed by atoms with Crippen molar-refractivity contribution < 1.29 is 18.3 Å². The van der Waals surface area contributed by atoms with E-state index in [-0.39, 0.29) is 16.1 Å². The highest BCUT2D eigenvalue weighted by atomic mass is 32.1. The zero-order chi connectivity index (χ0) is 15.0. The van der Waals surface area contributed by atoms with E-state index in [1.807, 2.05) is 0 Å². The van der Waals surface area contributed by atoms with Gasteiger partial charge < -0.3 is 10.5 Å². The average molecular weight is 297 g/mol. The smallest absolute Gasteiger partial charge is 0.350 e. The summed E-state index contributed by atoms with van der Waals surface area (Å²) in [6, 6.07) is 2.56. The van der Waals surface area contributed by atoms with E-state index in [0.29, 0.717) is 16.0 Å². The Labute approximate surface area is 119 Å². The number of carbonyl (C=O) groups excluding carboxylic acids is 1. The van der Waals surface area contributed by atoms with E-state index in [9.17, 15) is 13.6 Å². The molecule has 1 aromatic carbocycles. The van der Waals surface area contributed by atoms with Gasteiger partial charge in [-0.05, 0) is 31.0 Å². The quantitative estimate of drug-likeness (QED) is 0.860. The Hall–Kier alpha value is -1.95.